The van der Waals surface area contributed by atoms with Crippen LogP contribution in [0.25, 0.3) is 0 Å². The molecule has 1 aromatic rings. The Morgan fingerprint density at radius 3 is 2.46 bits per heavy atom. The van der Waals surface area contributed by atoms with Crippen LogP contribution in [0.5, 0.6) is 0 Å². The highest BCUT2D eigenvalue weighted by Crippen LogP contribution is 2.42. The number of carbonyl (C=O) groups is 2. The summed E-state index contributed by atoms with van der Waals surface area (Å²) in [5.41, 5.74) is 0.956. The van der Waals surface area contributed by atoms with Gasteiger partial charge in [-0.05, 0) is 51.3 Å². The van der Waals surface area contributed by atoms with E-state index in [9.17, 15) is 9.59 Å². The molecule has 1 aromatic carbocycles. The summed E-state index contributed by atoms with van der Waals surface area (Å²) in [5, 5.41) is 0. The predicted octanol–water partition coefficient (Wildman–Crippen LogP) is 2.90. The number of hydrogen-bond acceptors (Lipinski definition) is 3. The van der Waals surface area contributed by atoms with E-state index in [0.29, 0.717) is 12.5 Å². The van der Waals surface area contributed by atoms with Crippen molar-refractivity contribution in [3.05, 3.63) is 35.9 Å². The first kappa shape index (κ1) is 19.4. The molecular formula is C23H33N3O2. The Hall–Kier alpha value is -1.88. The van der Waals surface area contributed by atoms with Gasteiger partial charge >= 0.3 is 0 Å². The molecule has 0 aromatic heterocycles. The molecule has 1 atom stereocenters. The minimum Gasteiger partial charge on any atom is -0.341 e. The highest BCUT2D eigenvalue weighted by Gasteiger charge is 2.48. The van der Waals surface area contributed by atoms with Gasteiger partial charge in [0.05, 0.1) is 11.5 Å². The quantitative estimate of drug-likeness (QED) is 0.806. The summed E-state index contributed by atoms with van der Waals surface area (Å²) in [7, 11) is 2.08. The largest absolute Gasteiger partial charge is 0.341 e. The molecule has 0 radical (unpaired) electrons. The summed E-state index contributed by atoms with van der Waals surface area (Å²) in [6.45, 7) is 4.02. The van der Waals surface area contributed by atoms with E-state index in [1.165, 1.54) is 18.4 Å². The predicted molar refractivity (Wildman–Crippen MR) is 110 cm³/mol. The molecule has 152 valence electrons. The molecule has 0 saturated carbocycles. The van der Waals surface area contributed by atoms with Crippen LogP contribution in [0, 0.1) is 5.41 Å². The van der Waals surface area contributed by atoms with E-state index < -0.39 is 0 Å². The van der Waals surface area contributed by atoms with E-state index in [4.69, 9.17) is 0 Å². The van der Waals surface area contributed by atoms with Crippen LogP contribution in [0.15, 0.2) is 30.3 Å². The number of amides is 2. The maximum Gasteiger partial charge on any atom is 0.239 e. The van der Waals surface area contributed by atoms with Crippen LogP contribution < -0.4 is 0 Å². The molecule has 3 aliphatic heterocycles. The van der Waals surface area contributed by atoms with Crippen LogP contribution in [-0.2, 0) is 16.1 Å². The van der Waals surface area contributed by atoms with E-state index in [2.05, 4.69) is 24.1 Å². The molecule has 3 saturated heterocycles. The fraction of sp³-hybridized carbons (Fsp3) is 0.652. The van der Waals surface area contributed by atoms with Crippen molar-refractivity contribution in [2.75, 3.05) is 33.2 Å². The van der Waals surface area contributed by atoms with Crippen molar-refractivity contribution in [1.29, 1.82) is 0 Å². The zero-order valence-corrected chi connectivity index (χ0v) is 17.1. The van der Waals surface area contributed by atoms with Gasteiger partial charge in [0, 0.05) is 26.2 Å². The summed E-state index contributed by atoms with van der Waals surface area (Å²) in [4.78, 5) is 32.6. The van der Waals surface area contributed by atoms with Gasteiger partial charge in [-0.3, -0.25) is 14.5 Å². The number of likely N-dealkylation sites (tertiary alicyclic amines) is 3. The van der Waals surface area contributed by atoms with E-state index >= 15 is 0 Å². The summed E-state index contributed by atoms with van der Waals surface area (Å²) >= 11 is 0. The minimum atomic E-state index is -0.235. The topological polar surface area (TPSA) is 43.9 Å². The van der Waals surface area contributed by atoms with E-state index in [-0.39, 0.29) is 17.4 Å². The summed E-state index contributed by atoms with van der Waals surface area (Å²) in [6, 6.07) is 10.3. The Morgan fingerprint density at radius 2 is 1.71 bits per heavy atom. The molecular weight excluding hydrogens is 350 g/mol. The van der Waals surface area contributed by atoms with E-state index in [1.54, 1.807) is 0 Å². The Bertz CT molecular complexity index is 697. The lowest BCUT2D eigenvalue weighted by atomic mass is 9.77. The van der Waals surface area contributed by atoms with Gasteiger partial charge in [-0.15, -0.1) is 0 Å². The third-order valence-corrected chi connectivity index (χ3v) is 7.16. The molecule has 0 unspecified atom stereocenters. The van der Waals surface area contributed by atoms with Crippen molar-refractivity contribution < 1.29 is 9.59 Å². The van der Waals surface area contributed by atoms with Crippen LogP contribution in [0.4, 0.5) is 0 Å². The van der Waals surface area contributed by atoms with E-state index in [1.807, 2.05) is 28.0 Å². The minimum absolute atomic E-state index is 0.0328. The van der Waals surface area contributed by atoms with Crippen molar-refractivity contribution >= 4 is 11.8 Å². The van der Waals surface area contributed by atoms with Gasteiger partial charge in [0.25, 0.3) is 0 Å². The SMILES string of the molecule is CN1CCCCC[C@H]1C(=O)N1CCC2(CC1)CCN(Cc1ccccc1)C2=O. The second-order valence-electron chi connectivity index (χ2n) is 8.91. The number of rotatable bonds is 3. The molecule has 28 heavy (non-hydrogen) atoms. The number of likely N-dealkylation sites (N-methyl/N-ethyl adjacent to an activating group) is 1. The zero-order valence-electron chi connectivity index (χ0n) is 17.1. The molecule has 5 nitrogen and oxygen atoms in total. The first-order chi connectivity index (χ1) is 13.6. The van der Waals surface area contributed by atoms with Crippen LogP contribution >= 0.6 is 0 Å². The Balaban J connectivity index is 1.35. The smallest absolute Gasteiger partial charge is 0.239 e. The Morgan fingerprint density at radius 1 is 1.00 bits per heavy atom. The molecule has 5 heteroatoms. The third kappa shape index (κ3) is 3.82. The standard InChI is InChI=1S/C23H33N3O2/c1-24-14-7-3-6-10-20(24)21(27)25-15-11-23(12-16-25)13-17-26(22(23)28)18-19-8-4-2-5-9-19/h2,4-5,8-9,20H,3,6-7,10-18H2,1H3/t20-/m0/s1. The number of piperidine rings is 1. The fourth-order valence-corrected chi connectivity index (χ4v) is 5.24. The van der Waals surface area contributed by atoms with Gasteiger partial charge < -0.3 is 9.80 Å². The fourth-order valence-electron chi connectivity index (χ4n) is 5.24. The molecule has 0 aliphatic carbocycles. The number of benzene rings is 1. The first-order valence-electron chi connectivity index (χ1n) is 10.9. The van der Waals surface area contributed by atoms with Gasteiger partial charge in [-0.2, -0.15) is 0 Å². The van der Waals surface area contributed by atoms with Crippen LogP contribution in [0.1, 0.15) is 50.5 Å². The maximum absolute atomic E-state index is 13.2. The van der Waals surface area contributed by atoms with Crippen molar-refractivity contribution in [2.45, 2.75) is 57.5 Å². The highest BCUT2D eigenvalue weighted by molar-refractivity contribution is 5.86. The lowest BCUT2D eigenvalue weighted by Gasteiger charge is -2.40. The molecule has 4 rings (SSSR count). The average molecular weight is 384 g/mol. The summed E-state index contributed by atoms with van der Waals surface area (Å²) in [5.74, 6) is 0.584. The van der Waals surface area contributed by atoms with Gasteiger partial charge in [0.15, 0.2) is 0 Å². The van der Waals surface area contributed by atoms with Crippen molar-refractivity contribution in [1.82, 2.24) is 14.7 Å². The summed E-state index contributed by atoms with van der Waals surface area (Å²) in [6.07, 6.45) is 7.10. The maximum atomic E-state index is 13.2. The van der Waals surface area contributed by atoms with Gasteiger partial charge in [-0.25, -0.2) is 0 Å². The molecule has 0 bridgehead atoms. The molecule has 1 spiro atoms. The second-order valence-corrected chi connectivity index (χ2v) is 8.91. The first-order valence-corrected chi connectivity index (χ1v) is 10.9. The molecule has 0 N–H and O–H groups in total. The van der Waals surface area contributed by atoms with Gasteiger partial charge in [-0.1, -0.05) is 43.2 Å². The van der Waals surface area contributed by atoms with Crippen molar-refractivity contribution in [3.8, 4) is 0 Å². The van der Waals surface area contributed by atoms with Crippen LogP contribution in [0.3, 0.4) is 0 Å². The molecule has 2 amide bonds. The van der Waals surface area contributed by atoms with Gasteiger partial charge in [0.1, 0.15) is 0 Å². The van der Waals surface area contributed by atoms with E-state index in [0.717, 1.165) is 58.3 Å². The molecule has 3 fully saturated rings. The lowest BCUT2D eigenvalue weighted by molar-refractivity contribution is -0.145. The Labute approximate surface area is 168 Å². The highest BCUT2D eigenvalue weighted by atomic mass is 16.2. The van der Waals surface area contributed by atoms with Crippen molar-refractivity contribution in [2.24, 2.45) is 5.41 Å². The monoisotopic (exact) mass is 383 g/mol. The summed E-state index contributed by atoms with van der Waals surface area (Å²) < 4.78 is 0. The normalized spacial score (nSPS) is 25.9. The van der Waals surface area contributed by atoms with Crippen LogP contribution in [-0.4, -0.2) is 65.8 Å². The Kier molecular flexibility index (Phi) is 5.72. The van der Waals surface area contributed by atoms with Crippen molar-refractivity contribution in [3.63, 3.8) is 0 Å². The number of carbonyl (C=O) groups excluding carboxylic acids is 2. The molecule has 3 heterocycles. The second kappa shape index (κ2) is 8.24. The lowest BCUT2D eigenvalue weighted by Crippen LogP contribution is -2.52. The molecule has 3 aliphatic rings. The third-order valence-electron chi connectivity index (χ3n) is 7.16. The number of hydrogen-bond donors (Lipinski definition) is 0. The number of nitrogens with zero attached hydrogens (tertiary/aromatic N) is 3. The van der Waals surface area contributed by atoms with Gasteiger partial charge in [0.2, 0.25) is 11.8 Å². The zero-order chi connectivity index (χ0) is 19.6. The average Bonchev–Trinajstić information content (AvgIpc) is 2.88. The van der Waals surface area contributed by atoms with Crippen LogP contribution in [0.2, 0.25) is 0 Å².